The van der Waals surface area contributed by atoms with Gasteiger partial charge in [-0.25, -0.2) is 4.79 Å². The van der Waals surface area contributed by atoms with Gasteiger partial charge in [-0.1, -0.05) is 6.08 Å². The van der Waals surface area contributed by atoms with Gasteiger partial charge in [0.15, 0.2) is 0 Å². The molecule has 0 aliphatic rings. The monoisotopic (exact) mass is 243 g/mol. The Morgan fingerprint density at radius 2 is 1.71 bits per heavy atom. The Bertz CT molecular complexity index is 337. The predicted molar refractivity (Wildman–Crippen MR) is 64.1 cm³/mol. The lowest BCUT2D eigenvalue weighted by Gasteiger charge is -2.27. The summed E-state index contributed by atoms with van der Waals surface area (Å²) >= 11 is 0. The highest BCUT2D eigenvalue weighted by molar-refractivity contribution is 5.85. The van der Waals surface area contributed by atoms with Crippen LogP contribution in [0, 0.1) is 5.41 Å². The highest BCUT2D eigenvalue weighted by Gasteiger charge is 2.31. The first-order valence-electron chi connectivity index (χ1n) is 5.38. The van der Waals surface area contributed by atoms with E-state index in [-0.39, 0.29) is 18.1 Å². The fourth-order valence-corrected chi connectivity index (χ4v) is 0.952. The summed E-state index contributed by atoms with van der Waals surface area (Å²) < 4.78 is 5.24. The Balaban J connectivity index is 4.64. The minimum absolute atomic E-state index is 0.222. The van der Waals surface area contributed by atoms with Crippen molar-refractivity contribution in [3.8, 4) is 0 Å². The molecule has 0 heterocycles. The summed E-state index contributed by atoms with van der Waals surface area (Å²) in [7, 11) is 0. The molecule has 0 saturated carbocycles. The number of ether oxygens (including phenoxy) is 1. The van der Waals surface area contributed by atoms with Gasteiger partial charge in [-0.15, -0.1) is 0 Å². The Labute approximate surface area is 102 Å². The van der Waals surface area contributed by atoms with Crippen LogP contribution >= 0.6 is 0 Å². The fraction of sp³-hybridized carbons (Fsp3) is 0.667. The quantitative estimate of drug-likeness (QED) is 0.579. The maximum atomic E-state index is 11.8. The average Bonchev–Trinajstić information content (AvgIpc) is 2.11. The molecule has 0 amide bonds. The molecule has 0 atom stereocenters. The van der Waals surface area contributed by atoms with Crippen LogP contribution in [0.2, 0.25) is 0 Å². The molecule has 5 heteroatoms. The van der Waals surface area contributed by atoms with E-state index < -0.39 is 17.0 Å². The molecule has 0 aromatic carbocycles. The molecule has 0 spiro atoms. The Morgan fingerprint density at radius 3 is 2.06 bits per heavy atom. The summed E-state index contributed by atoms with van der Waals surface area (Å²) in [5.41, 5.74) is 3.64. The first-order chi connectivity index (χ1) is 7.46. The van der Waals surface area contributed by atoms with Crippen molar-refractivity contribution in [1.29, 1.82) is 0 Å². The molecule has 0 rings (SSSR count). The number of esters is 1. The highest BCUT2D eigenvalue weighted by Crippen LogP contribution is 2.26. The molecule has 0 aliphatic carbocycles. The van der Waals surface area contributed by atoms with Gasteiger partial charge >= 0.3 is 11.9 Å². The number of nitrogens with two attached hydrogens (primary N) is 1. The summed E-state index contributed by atoms with van der Waals surface area (Å²) in [6, 6.07) is 0. The average molecular weight is 243 g/mol. The van der Waals surface area contributed by atoms with E-state index in [9.17, 15) is 9.59 Å². The zero-order chi connectivity index (χ0) is 13.9. The van der Waals surface area contributed by atoms with Crippen molar-refractivity contribution in [3.05, 3.63) is 11.8 Å². The number of allylic oxidation sites excluding steroid dienone is 1. The minimum atomic E-state index is -1.19. The predicted octanol–water partition coefficient (Wildman–Crippen LogP) is 1.67. The van der Waals surface area contributed by atoms with Crippen LogP contribution in [-0.2, 0) is 14.3 Å². The van der Waals surface area contributed by atoms with Crippen LogP contribution in [0.1, 0.15) is 41.0 Å². The van der Waals surface area contributed by atoms with Crippen LogP contribution in [0.25, 0.3) is 0 Å². The van der Waals surface area contributed by atoms with Crippen molar-refractivity contribution >= 4 is 11.9 Å². The Morgan fingerprint density at radius 1 is 1.24 bits per heavy atom. The van der Waals surface area contributed by atoms with Crippen LogP contribution in [0.3, 0.4) is 0 Å². The van der Waals surface area contributed by atoms with Crippen LogP contribution in [0.15, 0.2) is 11.8 Å². The normalized spacial score (nSPS) is 13.4. The molecule has 0 unspecified atom stereocenters. The van der Waals surface area contributed by atoms with Gasteiger partial charge in [0.1, 0.15) is 11.3 Å². The van der Waals surface area contributed by atoms with Crippen LogP contribution in [0.5, 0.6) is 0 Å². The number of hydrogen-bond donors (Lipinski definition) is 2. The summed E-state index contributed by atoms with van der Waals surface area (Å²) in [5.74, 6) is -1.57. The van der Waals surface area contributed by atoms with E-state index in [4.69, 9.17) is 15.6 Å². The van der Waals surface area contributed by atoms with Gasteiger partial charge < -0.3 is 15.6 Å². The molecule has 0 aromatic heterocycles. The van der Waals surface area contributed by atoms with Gasteiger partial charge in [-0.05, 0) is 41.0 Å². The van der Waals surface area contributed by atoms with E-state index in [2.05, 4.69) is 0 Å². The van der Waals surface area contributed by atoms with Gasteiger partial charge in [0.25, 0.3) is 0 Å². The summed E-state index contributed by atoms with van der Waals surface area (Å²) in [4.78, 5) is 22.3. The molecule has 0 aromatic rings. The van der Waals surface area contributed by atoms with Gasteiger partial charge in [0, 0.05) is 0 Å². The number of carboxylic acids is 1. The molecule has 0 radical (unpaired) electrons. The van der Waals surface area contributed by atoms with E-state index in [1.54, 1.807) is 34.6 Å². The van der Waals surface area contributed by atoms with E-state index in [0.29, 0.717) is 0 Å². The van der Waals surface area contributed by atoms with Gasteiger partial charge in [0.2, 0.25) is 0 Å². The number of carbonyl (C=O) groups is 2. The number of carboxylic acid groups (broad SMARTS) is 1. The fourth-order valence-electron chi connectivity index (χ4n) is 0.952. The maximum Gasteiger partial charge on any atom is 0.351 e. The van der Waals surface area contributed by atoms with Crippen LogP contribution < -0.4 is 5.73 Å². The van der Waals surface area contributed by atoms with Crippen molar-refractivity contribution in [2.75, 3.05) is 0 Å². The zero-order valence-corrected chi connectivity index (χ0v) is 11.0. The Hall–Kier alpha value is -1.52. The van der Waals surface area contributed by atoms with E-state index in [1.807, 2.05) is 0 Å². The number of rotatable bonds is 4. The van der Waals surface area contributed by atoms with Crippen molar-refractivity contribution in [2.45, 2.75) is 46.6 Å². The minimum Gasteiger partial charge on any atom is -0.477 e. The van der Waals surface area contributed by atoms with E-state index in [1.165, 1.54) is 6.08 Å². The smallest absolute Gasteiger partial charge is 0.351 e. The first-order valence-corrected chi connectivity index (χ1v) is 5.38. The second-order valence-electron chi connectivity index (χ2n) is 5.55. The van der Waals surface area contributed by atoms with Gasteiger partial charge in [0.05, 0.1) is 5.41 Å². The highest BCUT2D eigenvalue weighted by atomic mass is 16.6. The zero-order valence-electron chi connectivity index (χ0n) is 11.0. The lowest BCUT2D eigenvalue weighted by molar-refractivity contribution is -0.165. The molecule has 17 heavy (non-hydrogen) atoms. The van der Waals surface area contributed by atoms with Crippen molar-refractivity contribution in [3.63, 3.8) is 0 Å². The number of hydrogen-bond acceptors (Lipinski definition) is 4. The SMILES string of the molecule is CC(C)(C)OC(=O)C(C)(C)CC=C(N)C(=O)O. The standard InChI is InChI=1S/C12H21NO4/c1-11(2,3)17-10(16)12(4,5)7-6-8(13)9(14)15/h6H,7,13H2,1-5H3,(H,14,15). The first kappa shape index (κ1) is 15.5. The molecule has 3 N–H and O–H groups in total. The van der Waals surface area contributed by atoms with Crippen molar-refractivity contribution in [1.82, 2.24) is 0 Å². The van der Waals surface area contributed by atoms with E-state index >= 15 is 0 Å². The lowest BCUT2D eigenvalue weighted by Crippen LogP contribution is -2.33. The van der Waals surface area contributed by atoms with E-state index in [0.717, 1.165) is 0 Å². The molecular weight excluding hydrogens is 222 g/mol. The molecule has 0 bridgehead atoms. The van der Waals surface area contributed by atoms with Crippen molar-refractivity contribution in [2.24, 2.45) is 11.1 Å². The molecule has 0 saturated heterocycles. The molecule has 0 aliphatic heterocycles. The maximum absolute atomic E-state index is 11.8. The number of carbonyl (C=O) groups excluding carboxylic acids is 1. The topological polar surface area (TPSA) is 89.6 Å². The Kier molecular flexibility index (Phi) is 4.74. The third kappa shape index (κ3) is 5.94. The molecular formula is C12H21NO4. The van der Waals surface area contributed by atoms with Gasteiger partial charge in [-0.3, -0.25) is 4.79 Å². The third-order valence-electron chi connectivity index (χ3n) is 2.03. The van der Waals surface area contributed by atoms with Crippen molar-refractivity contribution < 1.29 is 19.4 Å². The molecule has 98 valence electrons. The molecule has 0 fully saturated rings. The van der Waals surface area contributed by atoms with Gasteiger partial charge in [-0.2, -0.15) is 0 Å². The third-order valence-corrected chi connectivity index (χ3v) is 2.03. The van der Waals surface area contributed by atoms with Crippen LogP contribution in [0.4, 0.5) is 0 Å². The summed E-state index contributed by atoms with van der Waals surface area (Å²) in [6.45, 7) is 8.71. The largest absolute Gasteiger partial charge is 0.477 e. The summed E-state index contributed by atoms with van der Waals surface area (Å²) in [5, 5.41) is 8.59. The summed E-state index contributed by atoms with van der Waals surface area (Å²) in [6.07, 6.45) is 1.55. The molecule has 5 nitrogen and oxygen atoms in total. The lowest BCUT2D eigenvalue weighted by atomic mass is 9.89. The van der Waals surface area contributed by atoms with Crippen LogP contribution in [-0.4, -0.2) is 22.6 Å². The number of aliphatic carboxylic acids is 1. The second-order valence-corrected chi connectivity index (χ2v) is 5.55. The second kappa shape index (κ2) is 5.21.